The van der Waals surface area contributed by atoms with E-state index >= 15 is 0 Å². The van der Waals surface area contributed by atoms with Gasteiger partial charge in [0.2, 0.25) is 0 Å². The molecule has 0 radical (unpaired) electrons. The van der Waals surface area contributed by atoms with Gasteiger partial charge in [-0.1, -0.05) is 20.8 Å². The molecule has 80 valence electrons. The van der Waals surface area contributed by atoms with Gasteiger partial charge in [-0.25, -0.2) is 0 Å². The van der Waals surface area contributed by atoms with Crippen molar-refractivity contribution in [1.29, 1.82) is 0 Å². The maximum absolute atomic E-state index is 5.35. The zero-order valence-corrected chi connectivity index (χ0v) is 9.42. The molecule has 1 heterocycles. The molecule has 0 aliphatic rings. The highest BCUT2D eigenvalue weighted by molar-refractivity contribution is 5.03. The minimum Gasteiger partial charge on any atom is -0.469 e. The van der Waals surface area contributed by atoms with Crippen molar-refractivity contribution in [1.82, 2.24) is 5.32 Å². The summed E-state index contributed by atoms with van der Waals surface area (Å²) in [5, 5.41) is 3.44. The molecule has 2 heteroatoms. The lowest BCUT2D eigenvalue weighted by Crippen LogP contribution is -2.21. The van der Waals surface area contributed by atoms with E-state index in [-0.39, 0.29) is 0 Å². The first-order valence-corrected chi connectivity index (χ1v) is 5.44. The molecule has 1 aromatic rings. The Labute approximate surface area is 86.7 Å². The van der Waals surface area contributed by atoms with Crippen molar-refractivity contribution in [2.24, 2.45) is 5.92 Å². The van der Waals surface area contributed by atoms with Crippen LogP contribution in [0.4, 0.5) is 0 Å². The summed E-state index contributed by atoms with van der Waals surface area (Å²) in [7, 11) is 0. The zero-order valence-electron chi connectivity index (χ0n) is 9.42. The fraction of sp³-hybridized carbons (Fsp3) is 0.667. The van der Waals surface area contributed by atoms with Crippen molar-refractivity contribution < 1.29 is 4.42 Å². The second kappa shape index (κ2) is 5.86. The summed E-state index contributed by atoms with van der Waals surface area (Å²) in [6.07, 6.45) is 2.88. The average Bonchev–Trinajstić information content (AvgIpc) is 2.64. The van der Waals surface area contributed by atoms with Crippen molar-refractivity contribution in [3.63, 3.8) is 0 Å². The second-order valence-corrected chi connectivity index (χ2v) is 4.30. The number of rotatable bonds is 6. The van der Waals surface area contributed by atoms with Crippen molar-refractivity contribution >= 4 is 0 Å². The van der Waals surface area contributed by atoms with Crippen LogP contribution in [0.3, 0.4) is 0 Å². The summed E-state index contributed by atoms with van der Waals surface area (Å²) in [5.41, 5.74) is 0. The predicted octanol–water partition coefficient (Wildman–Crippen LogP) is 3.02. The lowest BCUT2D eigenvalue weighted by molar-refractivity contribution is 0.447. The van der Waals surface area contributed by atoms with Crippen LogP contribution in [-0.4, -0.2) is 13.1 Å². The summed E-state index contributed by atoms with van der Waals surface area (Å²) in [5.74, 6) is 2.34. The lowest BCUT2D eigenvalue weighted by atomic mass is 10.1. The Balaban J connectivity index is 2.13. The molecular weight excluding hydrogens is 174 g/mol. The summed E-state index contributed by atoms with van der Waals surface area (Å²) >= 11 is 0. The molecule has 0 fully saturated rings. The minimum atomic E-state index is 0.518. The van der Waals surface area contributed by atoms with Crippen LogP contribution in [0, 0.1) is 5.92 Å². The topological polar surface area (TPSA) is 25.2 Å². The summed E-state index contributed by atoms with van der Waals surface area (Å²) in [6.45, 7) is 8.83. The fourth-order valence-electron chi connectivity index (χ4n) is 1.42. The molecule has 14 heavy (non-hydrogen) atoms. The van der Waals surface area contributed by atoms with Crippen molar-refractivity contribution in [3.05, 3.63) is 24.2 Å². The molecule has 0 aliphatic carbocycles. The first kappa shape index (κ1) is 11.3. The lowest BCUT2D eigenvalue weighted by Gasteiger charge is -2.10. The van der Waals surface area contributed by atoms with E-state index in [1.54, 1.807) is 6.26 Å². The van der Waals surface area contributed by atoms with E-state index in [1.807, 2.05) is 12.1 Å². The molecule has 1 N–H and O–H groups in total. The van der Waals surface area contributed by atoms with E-state index in [9.17, 15) is 0 Å². The molecule has 0 saturated heterocycles. The van der Waals surface area contributed by atoms with Crippen LogP contribution in [0.15, 0.2) is 22.8 Å². The highest BCUT2D eigenvalue weighted by atomic mass is 16.3. The smallest absolute Gasteiger partial charge is 0.106 e. The van der Waals surface area contributed by atoms with Crippen LogP contribution in [0.25, 0.3) is 0 Å². The first-order chi connectivity index (χ1) is 6.70. The predicted molar refractivity (Wildman–Crippen MR) is 59.4 cm³/mol. The van der Waals surface area contributed by atoms with Gasteiger partial charge in [-0.2, -0.15) is 0 Å². The monoisotopic (exact) mass is 195 g/mol. The van der Waals surface area contributed by atoms with Gasteiger partial charge < -0.3 is 9.73 Å². The van der Waals surface area contributed by atoms with Crippen LogP contribution in [0.1, 0.15) is 38.9 Å². The molecular formula is C12H21NO. The molecule has 1 atom stereocenters. The van der Waals surface area contributed by atoms with Crippen LogP contribution in [-0.2, 0) is 0 Å². The van der Waals surface area contributed by atoms with Gasteiger partial charge in [-0.3, -0.25) is 0 Å². The largest absolute Gasteiger partial charge is 0.469 e. The van der Waals surface area contributed by atoms with Gasteiger partial charge in [0.05, 0.1) is 6.26 Å². The van der Waals surface area contributed by atoms with Gasteiger partial charge in [0.25, 0.3) is 0 Å². The Hall–Kier alpha value is -0.760. The maximum Gasteiger partial charge on any atom is 0.106 e. The number of hydrogen-bond acceptors (Lipinski definition) is 2. The van der Waals surface area contributed by atoms with Gasteiger partial charge in [-0.05, 0) is 37.6 Å². The summed E-state index contributed by atoms with van der Waals surface area (Å²) in [4.78, 5) is 0. The highest BCUT2D eigenvalue weighted by Crippen LogP contribution is 2.18. The molecule has 0 spiro atoms. The third-order valence-corrected chi connectivity index (χ3v) is 2.34. The zero-order chi connectivity index (χ0) is 10.4. The van der Waals surface area contributed by atoms with Crippen LogP contribution in [0.2, 0.25) is 0 Å². The Kier molecular flexibility index (Phi) is 4.74. The van der Waals surface area contributed by atoms with E-state index in [0.717, 1.165) is 31.2 Å². The summed E-state index contributed by atoms with van der Waals surface area (Å²) in [6, 6.07) is 4.00. The maximum atomic E-state index is 5.35. The van der Waals surface area contributed by atoms with E-state index in [2.05, 4.69) is 26.1 Å². The Bertz CT molecular complexity index is 228. The molecule has 1 rings (SSSR count). The molecule has 0 aromatic carbocycles. The second-order valence-electron chi connectivity index (χ2n) is 4.30. The quantitative estimate of drug-likeness (QED) is 0.706. The van der Waals surface area contributed by atoms with E-state index in [4.69, 9.17) is 4.42 Å². The van der Waals surface area contributed by atoms with Crippen LogP contribution >= 0.6 is 0 Å². The molecule has 0 amide bonds. The Morgan fingerprint density at radius 2 is 2.14 bits per heavy atom. The number of nitrogens with one attached hydrogen (secondary N) is 1. The van der Waals surface area contributed by atoms with E-state index < -0.39 is 0 Å². The average molecular weight is 195 g/mol. The van der Waals surface area contributed by atoms with Gasteiger partial charge in [0, 0.05) is 5.92 Å². The normalized spacial score (nSPS) is 13.4. The molecule has 1 aromatic heterocycles. The van der Waals surface area contributed by atoms with Crippen LogP contribution < -0.4 is 5.32 Å². The van der Waals surface area contributed by atoms with Gasteiger partial charge in [0.1, 0.15) is 5.76 Å². The number of furan rings is 1. The van der Waals surface area contributed by atoms with Crippen molar-refractivity contribution in [2.75, 3.05) is 13.1 Å². The van der Waals surface area contributed by atoms with E-state index in [0.29, 0.717) is 5.92 Å². The molecule has 0 aliphatic heterocycles. The van der Waals surface area contributed by atoms with Gasteiger partial charge in [-0.15, -0.1) is 0 Å². The SMILES string of the molecule is CC(C)CNCCC(C)c1ccco1. The molecule has 1 unspecified atom stereocenters. The third kappa shape index (κ3) is 3.97. The highest BCUT2D eigenvalue weighted by Gasteiger charge is 2.07. The van der Waals surface area contributed by atoms with Gasteiger partial charge >= 0.3 is 0 Å². The standard InChI is InChI=1S/C12H21NO/c1-10(2)9-13-7-6-11(3)12-5-4-8-14-12/h4-5,8,10-11,13H,6-7,9H2,1-3H3. The first-order valence-electron chi connectivity index (χ1n) is 5.44. The van der Waals surface area contributed by atoms with Crippen LogP contribution in [0.5, 0.6) is 0 Å². The van der Waals surface area contributed by atoms with Gasteiger partial charge in [0.15, 0.2) is 0 Å². The Morgan fingerprint density at radius 3 is 2.71 bits per heavy atom. The van der Waals surface area contributed by atoms with Crippen molar-refractivity contribution in [2.45, 2.75) is 33.1 Å². The summed E-state index contributed by atoms with van der Waals surface area (Å²) < 4.78 is 5.35. The molecule has 0 bridgehead atoms. The van der Waals surface area contributed by atoms with Crippen molar-refractivity contribution in [3.8, 4) is 0 Å². The minimum absolute atomic E-state index is 0.518. The molecule has 2 nitrogen and oxygen atoms in total. The number of hydrogen-bond donors (Lipinski definition) is 1. The third-order valence-electron chi connectivity index (χ3n) is 2.34. The Morgan fingerprint density at radius 1 is 1.36 bits per heavy atom. The molecule has 0 saturated carbocycles. The van der Waals surface area contributed by atoms with E-state index in [1.165, 1.54) is 0 Å². The fourth-order valence-corrected chi connectivity index (χ4v) is 1.42.